The van der Waals surface area contributed by atoms with E-state index in [2.05, 4.69) is 29.1 Å². The van der Waals surface area contributed by atoms with Crippen LogP contribution in [0.1, 0.15) is 38.2 Å². The number of hydrogen-bond acceptors (Lipinski definition) is 3. The summed E-state index contributed by atoms with van der Waals surface area (Å²) in [5.41, 5.74) is 0.903. The third-order valence-corrected chi connectivity index (χ3v) is 2.94. The zero-order valence-corrected chi connectivity index (χ0v) is 10.9. The van der Waals surface area contributed by atoms with E-state index in [1.165, 1.54) is 6.42 Å². The van der Waals surface area contributed by atoms with Gasteiger partial charge in [-0.05, 0) is 31.5 Å². The standard InChI is InChI=1S/C15H20N2O/c1-2-3-4-5-7-13-8-6-10-17-15(13)18-14-9-11-16-12-14/h6,8,10,14,16H,2-4,9,11-12H2,1H3. The third-order valence-electron chi connectivity index (χ3n) is 2.94. The molecule has 0 amide bonds. The Hall–Kier alpha value is -1.53. The molecule has 96 valence electrons. The van der Waals surface area contributed by atoms with Crippen LogP contribution in [0.4, 0.5) is 0 Å². The van der Waals surface area contributed by atoms with Crippen molar-refractivity contribution in [3.05, 3.63) is 23.9 Å². The van der Waals surface area contributed by atoms with Gasteiger partial charge in [-0.15, -0.1) is 0 Å². The van der Waals surface area contributed by atoms with E-state index >= 15 is 0 Å². The number of pyridine rings is 1. The van der Waals surface area contributed by atoms with Crippen LogP contribution in [0, 0.1) is 11.8 Å². The molecule has 0 aromatic carbocycles. The van der Waals surface area contributed by atoms with Gasteiger partial charge in [0.05, 0.1) is 5.56 Å². The molecule has 3 heteroatoms. The summed E-state index contributed by atoms with van der Waals surface area (Å²) in [6, 6.07) is 3.88. The highest BCUT2D eigenvalue weighted by molar-refractivity contribution is 5.41. The summed E-state index contributed by atoms with van der Waals surface area (Å²) >= 11 is 0. The van der Waals surface area contributed by atoms with E-state index in [1.54, 1.807) is 6.20 Å². The van der Waals surface area contributed by atoms with Crippen LogP contribution in [0.5, 0.6) is 5.88 Å². The molecule has 0 radical (unpaired) electrons. The van der Waals surface area contributed by atoms with Crippen LogP contribution < -0.4 is 10.1 Å². The average Bonchev–Trinajstić information content (AvgIpc) is 2.89. The Balaban J connectivity index is 2.01. The van der Waals surface area contributed by atoms with Crippen molar-refractivity contribution in [2.75, 3.05) is 13.1 Å². The lowest BCUT2D eigenvalue weighted by Gasteiger charge is -2.12. The summed E-state index contributed by atoms with van der Waals surface area (Å²) in [6.07, 6.45) is 6.30. The molecule has 2 heterocycles. The summed E-state index contributed by atoms with van der Waals surface area (Å²) < 4.78 is 5.89. The normalized spacial score (nSPS) is 18.2. The van der Waals surface area contributed by atoms with Crippen molar-refractivity contribution < 1.29 is 4.74 Å². The number of rotatable bonds is 4. The molecule has 2 rings (SSSR count). The molecule has 0 spiro atoms. The molecular weight excluding hydrogens is 224 g/mol. The third kappa shape index (κ3) is 3.75. The van der Waals surface area contributed by atoms with Crippen molar-refractivity contribution in [1.82, 2.24) is 10.3 Å². The van der Waals surface area contributed by atoms with Gasteiger partial charge in [0.15, 0.2) is 0 Å². The minimum atomic E-state index is 0.232. The Labute approximate surface area is 109 Å². The van der Waals surface area contributed by atoms with Crippen molar-refractivity contribution in [1.29, 1.82) is 0 Å². The van der Waals surface area contributed by atoms with E-state index in [0.29, 0.717) is 5.88 Å². The SMILES string of the molecule is CCCCC#Cc1cccnc1OC1CCNC1. The highest BCUT2D eigenvalue weighted by Gasteiger charge is 2.17. The quantitative estimate of drug-likeness (QED) is 0.652. The van der Waals surface area contributed by atoms with Crippen LogP contribution in [0.2, 0.25) is 0 Å². The summed E-state index contributed by atoms with van der Waals surface area (Å²) in [4.78, 5) is 4.29. The fraction of sp³-hybridized carbons (Fsp3) is 0.533. The lowest BCUT2D eigenvalue weighted by Crippen LogP contribution is -2.20. The molecule has 1 N–H and O–H groups in total. The highest BCUT2D eigenvalue weighted by atomic mass is 16.5. The van der Waals surface area contributed by atoms with Crippen LogP contribution in [0.3, 0.4) is 0 Å². The van der Waals surface area contributed by atoms with Crippen LogP contribution in [0.25, 0.3) is 0 Å². The number of hydrogen-bond donors (Lipinski definition) is 1. The minimum Gasteiger partial charge on any atom is -0.472 e. The second kappa shape index (κ2) is 7.03. The molecule has 0 saturated carbocycles. The highest BCUT2D eigenvalue weighted by Crippen LogP contribution is 2.16. The number of unbranched alkanes of at least 4 members (excludes halogenated alkanes) is 2. The summed E-state index contributed by atoms with van der Waals surface area (Å²) in [7, 11) is 0. The Morgan fingerprint density at radius 3 is 3.28 bits per heavy atom. The molecule has 1 unspecified atom stereocenters. The van der Waals surface area contributed by atoms with Crippen molar-refractivity contribution in [2.45, 2.75) is 38.7 Å². The summed E-state index contributed by atoms with van der Waals surface area (Å²) in [5.74, 6) is 7.02. The Kier molecular flexibility index (Phi) is 5.04. The first kappa shape index (κ1) is 12.9. The Bertz CT molecular complexity index is 428. The molecule has 1 aliphatic heterocycles. The molecule has 1 aliphatic rings. The zero-order valence-electron chi connectivity index (χ0n) is 10.9. The molecule has 18 heavy (non-hydrogen) atoms. The predicted molar refractivity (Wildman–Crippen MR) is 72.5 cm³/mol. The van der Waals surface area contributed by atoms with Gasteiger partial charge in [0.25, 0.3) is 0 Å². The Morgan fingerprint density at radius 1 is 1.56 bits per heavy atom. The first-order valence-electron chi connectivity index (χ1n) is 6.71. The van der Waals surface area contributed by atoms with Gasteiger partial charge in [-0.1, -0.05) is 25.2 Å². The van der Waals surface area contributed by atoms with E-state index in [9.17, 15) is 0 Å². The topological polar surface area (TPSA) is 34.1 Å². The minimum absolute atomic E-state index is 0.232. The zero-order chi connectivity index (χ0) is 12.6. The number of aromatic nitrogens is 1. The maximum Gasteiger partial charge on any atom is 0.229 e. The van der Waals surface area contributed by atoms with E-state index in [4.69, 9.17) is 4.74 Å². The summed E-state index contributed by atoms with van der Waals surface area (Å²) in [6.45, 7) is 4.10. The second-order valence-electron chi connectivity index (χ2n) is 4.49. The molecule has 1 atom stereocenters. The van der Waals surface area contributed by atoms with Crippen LogP contribution in [-0.4, -0.2) is 24.2 Å². The number of nitrogens with one attached hydrogen (secondary N) is 1. The fourth-order valence-corrected chi connectivity index (χ4v) is 1.89. The van der Waals surface area contributed by atoms with Crippen molar-refractivity contribution in [3.8, 4) is 17.7 Å². The largest absolute Gasteiger partial charge is 0.472 e. The van der Waals surface area contributed by atoms with E-state index in [0.717, 1.165) is 37.9 Å². The number of ether oxygens (including phenoxy) is 1. The van der Waals surface area contributed by atoms with Gasteiger partial charge in [0.1, 0.15) is 6.10 Å². The second-order valence-corrected chi connectivity index (χ2v) is 4.49. The fourth-order valence-electron chi connectivity index (χ4n) is 1.89. The van der Waals surface area contributed by atoms with E-state index in [1.807, 2.05) is 12.1 Å². The van der Waals surface area contributed by atoms with Gasteiger partial charge < -0.3 is 10.1 Å². The maximum atomic E-state index is 5.89. The first-order valence-corrected chi connectivity index (χ1v) is 6.71. The molecule has 0 aliphatic carbocycles. The lowest BCUT2D eigenvalue weighted by atomic mass is 10.2. The molecule has 1 aromatic rings. The van der Waals surface area contributed by atoms with Gasteiger partial charge in [-0.25, -0.2) is 4.98 Å². The molecular formula is C15H20N2O. The predicted octanol–water partition coefficient (Wildman–Crippen LogP) is 2.36. The van der Waals surface area contributed by atoms with Crippen molar-refractivity contribution in [2.24, 2.45) is 0 Å². The average molecular weight is 244 g/mol. The number of nitrogens with zero attached hydrogens (tertiary/aromatic N) is 1. The van der Waals surface area contributed by atoms with Crippen LogP contribution in [-0.2, 0) is 0 Å². The lowest BCUT2D eigenvalue weighted by molar-refractivity contribution is 0.213. The van der Waals surface area contributed by atoms with Gasteiger partial charge in [-0.3, -0.25) is 0 Å². The molecule has 1 fully saturated rings. The molecule has 1 aromatic heterocycles. The summed E-state index contributed by atoms with van der Waals surface area (Å²) in [5, 5.41) is 3.28. The van der Waals surface area contributed by atoms with Gasteiger partial charge in [-0.2, -0.15) is 0 Å². The first-order chi connectivity index (χ1) is 8.90. The monoisotopic (exact) mass is 244 g/mol. The van der Waals surface area contributed by atoms with E-state index in [-0.39, 0.29) is 6.10 Å². The van der Waals surface area contributed by atoms with Gasteiger partial charge in [0, 0.05) is 19.2 Å². The van der Waals surface area contributed by atoms with Gasteiger partial charge in [0.2, 0.25) is 5.88 Å². The van der Waals surface area contributed by atoms with Crippen LogP contribution >= 0.6 is 0 Å². The van der Waals surface area contributed by atoms with Crippen LogP contribution in [0.15, 0.2) is 18.3 Å². The van der Waals surface area contributed by atoms with Crippen molar-refractivity contribution >= 4 is 0 Å². The van der Waals surface area contributed by atoms with E-state index < -0.39 is 0 Å². The van der Waals surface area contributed by atoms with Crippen molar-refractivity contribution in [3.63, 3.8) is 0 Å². The maximum absolute atomic E-state index is 5.89. The molecule has 1 saturated heterocycles. The molecule has 0 bridgehead atoms. The molecule has 3 nitrogen and oxygen atoms in total. The Morgan fingerprint density at radius 2 is 2.50 bits per heavy atom. The van der Waals surface area contributed by atoms with Gasteiger partial charge >= 0.3 is 0 Å². The smallest absolute Gasteiger partial charge is 0.229 e.